The van der Waals surface area contributed by atoms with Gasteiger partial charge in [-0.25, -0.2) is 24.5 Å². The number of aromatic nitrogens is 4. The molecule has 0 spiro atoms. The largest absolute Gasteiger partial charge is 0.450 e. The van der Waals surface area contributed by atoms with Crippen LogP contribution in [0.2, 0.25) is 0 Å². The van der Waals surface area contributed by atoms with Crippen molar-refractivity contribution in [2.24, 2.45) is 0 Å². The second kappa shape index (κ2) is 9.94. The Bertz CT molecular complexity index is 1070. The summed E-state index contributed by atoms with van der Waals surface area (Å²) in [7, 11) is 0. The van der Waals surface area contributed by atoms with Crippen molar-refractivity contribution in [2.75, 3.05) is 30.3 Å². The van der Waals surface area contributed by atoms with Crippen molar-refractivity contribution >= 4 is 35.1 Å². The Labute approximate surface area is 185 Å². The fourth-order valence-electron chi connectivity index (χ4n) is 2.73. The first-order valence-electron chi connectivity index (χ1n) is 10.2. The Morgan fingerprint density at radius 1 is 1.06 bits per heavy atom. The van der Waals surface area contributed by atoms with Crippen molar-refractivity contribution in [2.45, 2.75) is 33.3 Å². The van der Waals surface area contributed by atoms with E-state index in [0.717, 1.165) is 16.6 Å². The van der Waals surface area contributed by atoms with Crippen LogP contribution < -0.4 is 16.0 Å². The highest BCUT2D eigenvalue weighted by atomic mass is 16.6. The van der Waals surface area contributed by atoms with Crippen molar-refractivity contribution in [1.82, 2.24) is 25.3 Å². The molecular formula is C21H27N7O4. The zero-order valence-electron chi connectivity index (χ0n) is 18.5. The van der Waals surface area contributed by atoms with Gasteiger partial charge in [0.25, 0.3) is 0 Å². The highest BCUT2D eigenvalue weighted by molar-refractivity contribution is 5.88. The average molecular weight is 441 g/mol. The number of carbonyl (C=O) groups is 2. The van der Waals surface area contributed by atoms with E-state index >= 15 is 0 Å². The molecule has 0 aliphatic carbocycles. The minimum Gasteiger partial charge on any atom is -0.450 e. The van der Waals surface area contributed by atoms with Gasteiger partial charge in [0.05, 0.1) is 17.6 Å². The van der Waals surface area contributed by atoms with E-state index < -0.39 is 17.8 Å². The molecular weight excluding hydrogens is 414 g/mol. The van der Waals surface area contributed by atoms with Gasteiger partial charge < -0.3 is 25.1 Å². The predicted octanol–water partition coefficient (Wildman–Crippen LogP) is 3.52. The number of carbonyl (C=O) groups excluding carboxylic acids is 2. The number of H-pyrrole nitrogens is 1. The van der Waals surface area contributed by atoms with Gasteiger partial charge in [0.2, 0.25) is 11.9 Å². The molecule has 0 fully saturated rings. The Hall–Kier alpha value is -3.89. The Morgan fingerprint density at radius 3 is 2.50 bits per heavy atom. The molecule has 0 saturated heterocycles. The quantitative estimate of drug-likeness (QED) is 0.408. The molecule has 1 aromatic carbocycles. The van der Waals surface area contributed by atoms with E-state index in [1.807, 2.05) is 39.0 Å². The van der Waals surface area contributed by atoms with Crippen LogP contribution in [0.3, 0.4) is 0 Å². The molecule has 4 N–H and O–H groups in total. The second-order valence-corrected chi connectivity index (χ2v) is 7.81. The lowest BCUT2D eigenvalue weighted by Gasteiger charge is -2.19. The molecule has 0 bridgehead atoms. The maximum Gasteiger partial charge on any atom is 0.413 e. The van der Waals surface area contributed by atoms with Crippen molar-refractivity contribution < 1.29 is 19.1 Å². The van der Waals surface area contributed by atoms with Crippen molar-refractivity contribution in [3.8, 4) is 11.1 Å². The van der Waals surface area contributed by atoms with E-state index in [2.05, 4.69) is 35.9 Å². The number of rotatable bonds is 7. The minimum absolute atomic E-state index is 0.279. The Kier molecular flexibility index (Phi) is 7.08. The number of benzene rings is 1. The van der Waals surface area contributed by atoms with Crippen LogP contribution in [0.1, 0.15) is 27.7 Å². The van der Waals surface area contributed by atoms with Crippen LogP contribution in [-0.4, -0.2) is 57.4 Å². The minimum atomic E-state index is -0.565. The highest BCUT2D eigenvalue weighted by Gasteiger charge is 2.15. The molecule has 0 unspecified atom stereocenters. The first-order valence-corrected chi connectivity index (χ1v) is 10.2. The standard InChI is InChI=1S/C21H27N7O4/c1-5-31-20(30)28-18-26-15-7-6-13(10-16(15)27-18)14-11-24-17(25-12-14)22-8-9-23-19(29)32-21(2,3)4/h6-7,10-12H,5,8-9H2,1-4H3,(H,23,29)(H,22,24,25)(H2,26,27,28,30). The summed E-state index contributed by atoms with van der Waals surface area (Å²) in [5.41, 5.74) is 2.64. The first-order chi connectivity index (χ1) is 15.2. The molecule has 11 heteroatoms. The van der Waals surface area contributed by atoms with Gasteiger partial charge in [0.1, 0.15) is 5.60 Å². The topological polar surface area (TPSA) is 143 Å². The fraction of sp³-hybridized carbons (Fsp3) is 0.381. The third kappa shape index (κ3) is 6.56. The number of hydrogen-bond donors (Lipinski definition) is 4. The summed E-state index contributed by atoms with van der Waals surface area (Å²) in [6.45, 7) is 8.26. The summed E-state index contributed by atoms with van der Waals surface area (Å²) in [6.07, 6.45) is 2.37. The van der Waals surface area contributed by atoms with Crippen molar-refractivity contribution in [3.05, 3.63) is 30.6 Å². The van der Waals surface area contributed by atoms with Gasteiger partial charge in [-0.1, -0.05) is 6.07 Å². The summed E-state index contributed by atoms with van der Waals surface area (Å²) in [5.74, 6) is 0.759. The zero-order chi connectivity index (χ0) is 23.1. The molecule has 3 aromatic rings. The third-order valence-electron chi connectivity index (χ3n) is 4.04. The molecule has 11 nitrogen and oxygen atoms in total. The van der Waals surface area contributed by atoms with Crippen LogP contribution in [0.5, 0.6) is 0 Å². The first kappa shape index (κ1) is 22.8. The molecule has 0 saturated carbocycles. The van der Waals surface area contributed by atoms with E-state index in [1.54, 1.807) is 19.3 Å². The molecule has 32 heavy (non-hydrogen) atoms. The molecule has 0 radical (unpaired) electrons. The SMILES string of the molecule is CCOC(=O)Nc1nc2ccc(-c3cnc(NCCNC(=O)OC(C)(C)C)nc3)cc2[nH]1. The van der Waals surface area contributed by atoms with Gasteiger partial charge in [-0.3, -0.25) is 5.32 Å². The number of nitrogens with zero attached hydrogens (tertiary/aromatic N) is 3. The van der Waals surface area contributed by atoms with Crippen LogP contribution >= 0.6 is 0 Å². The lowest BCUT2D eigenvalue weighted by Crippen LogP contribution is -2.35. The second-order valence-electron chi connectivity index (χ2n) is 7.81. The molecule has 0 aliphatic rings. The Balaban J connectivity index is 1.56. The highest BCUT2D eigenvalue weighted by Crippen LogP contribution is 2.23. The summed E-state index contributed by atoms with van der Waals surface area (Å²) in [6, 6.07) is 5.63. The smallest absolute Gasteiger partial charge is 0.413 e. The number of hydrogen-bond acceptors (Lipinski definition) is 8. The number of imidazole rings is 1. The number of nitrogens with one attached hydrogen (secondary N) is 4. The van der Waals surface area contributed by atoms with E-state index in [9.17, 15) is 9.59 Å². The summed E-state index contributed by atoms with van der Waals surface area (Å²) in [5, 5.41) is 8.25. The molecule has 2 heterocycles. The molecule has 3 rings (SSSR count). The number of alkyl carbamates (subject to hydrolysis) is 1. The number of anilines is 2. The number of aromatic amines is 1. The lowest BCUT2D eigenvalue weighted by atomic mass is 10.1. The van der Waals surface area contributed by atoms with Crippen LogP contribution in [-0.2, 0) is 9.47 Å². The summed E-state index contributed by atoms with van der Waals surface area (Å²) >= 11 is 0. The number of ether oxygens (including phenoxy) is 2. The predicted molar refractivity (Wildman–Crippen MR) is 120 cm³/mol. The molecule has 2 aromatic heterocycles. The van der Waals surface area contributed by atoms with Gasteiger partial charge >= 0.3 is 12.2 Å². The molecule has 170 valence electrons. The van der Waals surface area contributed by atoms with Crippen LogP contribution in [0.15, 0.2) is 30.6 Å². The maximum absolute atomic E-state index is 11.6. The van der Waals surface area contributed by atoms with E-state index in [1.165, 1.54) is 0 Å². The third-order valence-corrected chi connectivity index (χ3v) is 4.04. The van der Waals surface area contributed by atoms with Gasteiger partial charge in [-0.15, -0.1) is 0 Å². The Morgan fingerprint density at radius 2 is 1.81 bits per heavy atom. The average Bonchev–Trinajstić information content (AvgIpc) is 3.12. The zero-order valence-corrected chi connectivity index (χ0v) is 18.5. The maximum atomic E-state index is 11.6. The van der Waals surface area contributed by atoms with Gasteiger partial charge in [0, 0.05) is 31.0 Å². The lowest BCUT2D eigenvalue weighted by molar-refractivity contribution is 0.0530. The normalized spacial score (nSPS) is 11.1. The molecule has 0 atom stereocenters. The van der Waals surface area contributed by atoms with Gasteiger partial charge in [-0.05, 0) is 45.4 Å². The van der Waals surface area contributed by atoms with Crippen LogP contribution in [0, 0.1) is 0 Å². The summed E-state index contributed by atoms with van der Waals surface area (Å²) < 4.78 is 10.0. The summed E-state index contributed by atoms with van der Waals surface area (Å²) in [4.78, 5) is 39.1. The molecule has 2 amide bonds. The number of amides is 2. The van der Waals surface area contributed by atoms with E-state index in [0.29, 0.717) is 30.5 Å². The van der Waals surface area contributed by atoms with Crippen LogP contribution in [0.4, 0.5) is 21.5 Å². The van der Waals surface area contributed by atoms with Crippen molar-refractivity contribution in [1.29, 1.82) is 0 Å². The molecule has 0 aliphatic heterocycles. The van der Waals surface area contributed by atoms with Crippen LogP contribution in [0.25, 0.3) is 22.2 Å². The fourth-order valence-corrected chi connectivity index (χ4v) is 2.73. The monoisotopic (exact) mass is 441 g/mol. The van der Waals surface area contributed by atoms with Crippen molar-refractivity contribution in [3.63, 3.8) is 0 Å². The van der Waals surface area contributed by atoms with E-state index in [-0.39, 0.29) is 6.61 Å². The van der Waals surface area contributed by atoms with Gasteiger partial charge in [-0.2, -0.15) is 0 Å². The number of fused-ring (bicyclic) bond motifs is 1. The van der Waals surface area contributed by atoms with Gasteiger partial charge in [0.15, 0.2) is 0 Å². The van der Waals surface area contributed by atoms with E-state index in [4.69, 9.17) is 9.47 Å².